The largest absolute Gasteiger partial charge is 0.491 e. The summed E-state index contributed by atoms with van der Waals surface area (Å²) in [7, 11) is 0. The number of hydrogen-bond donors (Lipinski definition) is 1. The number of benzene rings is 2. The third-order valence-electron chi connectivity index (χ3n) is 4.44. The molecule has 3 rings (SSSR count). The molecule has 1 heterocycles. The molecule has 2 aromatic rings. The van der Waals surface area contributed by atoms with E-state index in [1.54, 1.807) is 0 Å². The first-order chi connectivity index (χ1) is 12.2. The lowest BCUT2D eigenvalue weighted by Crippen LogP contribution is -2.30. The summed E-state index contributed by atoms with van der Waals surface area (Å²) >= 11 is 0. The summed E-state index contributed by atoms with van der Waals surface area (Å²) in [5.74, 6) is 0.609. The Morgan fingerprint density at radius 2 is 1.84 bits per heavy atom. The van der Waals surface area contributed by atoms with E-state index in [1.807, 2.05) is 30.3 Å². The zero-order valence-corrected chi connectivity index (χ0v) is 14.4. The van der Waals surface area contributed by atoms with E-state index in [4.69, 9.17) is 9.84 Å². The Morgan fingerprint density at radius 1 is 1.00 bits per heavy atom. The maximum absolute atomic E-state index is 13.1. The Hall–Kier alpha value is -2.11. The number of nitrogens with zero attached hydrogens (tertiary/aromatic N) is 2. The lowest BCUT2D eigenvalue weighted by molar-refractivity contribution is 0.201. The number of aliphatic hydroxyl groups is 1. The van der Waals surface area contributed by atoms with Gasteiger partial charge in [0.1, 0.15) is 18.2 Å². The average Bonchev–Trinajstić information content (AvgIpc) is 2.87. The third-order valence-corrected chi connectivity index (χ3v) is 4.44. The van der Waals surface area contributed by atoms with Gasteiger partial charge in [-0.15, -0.1) is 0 Å². The van der Waals surface area contributed by atoms with Gasteiger partial charge >= 0.3 is 0 Å². The molecule has 0 saturated carbocycles. The summed E-state index contributed by atoms with van der Waals surface area (Å²) in [6.07, 6.45) is 1.08. The van der Waals surface area contributed by atoms with Crippen molar-refractivity contribution in [3.63, 3.8) is 0 Å². The minimum Gasteiger partial charge on any atom is -0.491 e. The topological polar surface area (TPSA) is 35.9 Å². The van der Waals surface area contributed by atoms with Gasteiger partial charge < -0.3 is 14.7 Å². The predicted octanol–water partition coefficient (Wildman–Crippen LogP) is 2.91. The SMILES string of the molecule is OCCOc1cccc(CN2CCCN(c3ccc(F)cc3)CC2)c1. The van der Waals surface area contributed by atoms with Crippen LogP contribution in [0.25, 0.3) is 0 Å². The molecular weight excluding hydrogens is 319 g/mol. The summed E-state index contributed by atoms with van der Waals surface area (Å²) in [5, 5.41) is 8.86. The fraction of sp³-hybridized carbons (Fsp3) is 0.400. The zero-order chi connectivity index (χ0) is 17.5. The molecule has 0 aromatic heterocycles. The molecule has 0 spiro atoms. The number of anilines is 1. The molecule has 0 atom stereocenters. The normalized spacial score (nSPS) is 15.8. The molecule has 5 heteroatoms. The van der Waals surface area contributed by atoms with Gasteiger partial charge in [-0.2, -0.15) is 0 Å². The predicted molar refractivity (Wildman–Crippen MR) is 97.5 cm³/mol. The van der Waals surface area contributed by atoms with Crippen molar-refractivity contribution in [1.29, 1.82) is 0 Å². The molecule has 1 aliphatic rings. The molecule has 2 aromatic carbocycles. The lowest BCUT2D eigenvalue weighted by atomic mass is 10.2. The molecule has 0 radical (unpaired) electrons. The summed E-state index contributed by atoms with van der Waals surface area (Å²) < 4.78 is 18.6. The van der Waals surface area contributed by atoms with Crippen LogP contribution >= 0.6 is 0 Å². The Bertz CT molecular complexity index is 663. The first kappa shape index (κ1) is 17.7. The van der Waals surface area contributed by atoms with Crippen LogP contribution < -0.4 is 9.64 Å². The second kappa shape index (κ2) is 8.83. The summed E-state index contributed by atoms with van der Waals surface area (Å²) in [5.41, 5.74) is 2.30. The van der Waals surface area contributed by atoms with Crippen molar-refractivity contribution < 1.29 is 14.2 Å². The van der Waals surface area contributed by atoms with Crippen LogP contribution in [-0.4, -0.2) is 49.4 Å². The van der Waals surface area contributed by atoms with Crippen LogP contribution in [0, 0.1) is 5.82 Å². The van der Waals surface area contributed by atoms with Crippen molar-refractivity contribution in [2.24, 2.45) is 0 Å². The molecule has 0 aliphatic carbocycles. The molecule has 1 saturated heterocycles. The molecule has 134 valence electrons. The van der Waals surface area contributed by atoms with Crippen LogP contribution in [-0.2, 0) is 6.54 Å². The molecule has 0 amide bonds. The Morgan fingerprint density at radius 3 is 2.64 bits per heavy atom. The number of hydrogen-bond acceptors (Lipinski definition) is 4. The van der Waals surface area contributed by atoms with Gasteiger partial charge in [-0.25, -0.2) is 4.39 Å². The number of ether oxygens (including phenoxy) is 1. The first-order valence-electron chi connectivity index (χ1n) is 8.80. The average molecular weight is 344 g/mol. The van der Waals surface area contributed by atoms with Crippen molar-refractivity contribution in [3.8, 4) is 5.75 Å². The summed E-state index contributed by atoms with van der Waals surface area (Å²) in [4.78, 5) is 4.76. The van der Waals surface area contributed by atoms with Crippen LogP contribution in [0.5, 0.6) is 5.75 Å². The molecule has 0 unspecified atom stereocenters. The van der Waals surface area contributed by atoms with E-state index < -0.39 is 0 Å². The smallest absolute Gasteiger partial charge is 0.123 e. The molecular formula is C20H25FN2O2. The number of aliphatic hydroxyl groups excluding tert-OH is 1. The van der Waals surface area contributed by atoms with Crippen molar-refractivity contribution in [3.05, 3.63) is 59.9 Å². The highest BCUT2D eigenvalue weighted by Crippen LogP contribution is 2.19. The van der Waals surface area contributed by atoms with Crippen molar-refractivity contribution in [1.82, 2.24) is 4.90 Å². The van der Waals surface area contributed by atoms with Crippen LogP contribution in [0.4, 0.5) is 10.1 Å². The standard InChI is InChI=1S/C20H25FN2O2/c21-18-5-7-19(8-6-18)23-10-2-9-22(11-12-23)16-17-3-1-4-20(15-17)25-14-13-24/h1,3-8,15,24H,2,9-14,16H2. The second-order valence-electron chi connectivity index (χ2n) is 6.31. The molecule has 0 bridgehead atoms. The van der Waals surface area contributed by atoms with Crippen molar-refractivity contribution in [2.45, 2.75) is 13.0 Å². The minimum atomic E-state index is -0.191. The van der Waals surface area contributed by atoms with E-state index in [0.29, 0.717) is 6.61 Å². The van der Waals surface area contributed by atoms with Crippen molar-refractivity contribution >= 4 is 5.69 Å². The van der Waals surface area contributed by atoms with Gasteiger partial charge in [0.15, 0.2) is 0 Å². The molecule has 1 fully saturated rings. The third kappa shape index (κ3) is 5.18. The highest BCUT2D eigenvalue weighted by Gasteiger charge is 2.15. The maximum Gasteiger partial charge on any atom is 0.123 e. The molecule has 25 heavy (non-hydrogen) atoms. The van der Waals surface area contributed by atoms with Gasteiger partial charge in [-0.05, 0) is 48.4 Å². The zero-order valence-electron chi connectivity index (χ0n) is 14.4. The summed E-state index contributed by atoms with van der Waals surface area (Å²) in [6, 6.07) is 14.8. The monoisotopic (exact) mass is 344 g/mol. The second-order valence-corrected chi connectivity index (χ2v) is 6.31. The van der Waals surface area contributed by atoms with Crippen LogP contribution in [0.2, 0.25) is 0 Å². The van der Waals surface area contributed by atoms with Crippen molar-refractivity contribution in [2.75, 3.05) is 44.3 Å². The van der Waals surface area contributed by atoms with Gasteiger partial charge in [0.2, 0.25) is 0 Å². The number of halogens is 1. The molecule has 1 N–H and O–H groups in total. The number of rotatable bonds is 6. The fourth-order valence-corrected chi connectivity index (χ4v) is 3.19. The van der Waals surface area contributed by atoms with E-state index in [2.05, 4.69) is 15.9 Å². The highest BCUT2D eigenvalue weighted by molar-refractivity contribution is 5.46. The van der Waals surface area contributed by atoms with Gasteiger partial charge in [-0.1, -0.05) is 12.1 Å². The maximum atomic E-state index is 13.1. The fourth-order valence-electron chi connectivity index (χ4n) is 3.19. The van der Waals surface area contributed by atoms with E-state index in [-0.39, 0.29) is 12.4 Å². The van der Waals surface area contributed by atoms with Crippen LogP contribution in [0.3, 0.4) is 0 Å². The Labute approximate surface area is 148 Å². The quantitative estimate of drug-likeness (QED) is 0.874. The van der Waals surface area contributed by atoms with Gasteiger partial charge in [-0.3, -0.25) is 4.90 Å². The molecule has 4 nitrogen and oxygen atoms in total. The Balaban J connectivity index is 1.57. The molecule has 1 aliphatic heterocycles. The van der Waals surface area contributed by atoms with E-state index in [1.165, 1.54) is 17.7 Å². The summed E-state index contributed by atoms with van der Waals surface area (Å²) in [6.45, 7) is 5.16. The Kier molecular flexibility index (Phi) is 6.25. The van der Waals surface area contributed by atoms with Gasteiger partial charge in [0.05, 0.1) is 6.61 Å². The first-order valence-corrected chi connectivity index (χ1v) is 8.80. The van der Waals surface area contributed by atoms with Gasteiger partial charge in [0, 0.05) is 38.4 Å². The van der Waals surface area contributed by atoms with Gasteiger partial charge in [0.25, 0.3) is 0 Å². The highest BCUT2D eigenvalue weighted by atomic mass is 19.1. The lowest BCUT2D eigenvalue weighted by Gasteiger charge is -2.23. The van der Waals surface area contributed by atoms with Crippen LogP contribution in [0.15, 0.2) is 48.5 Å². The van der Waals surface area contributed by atoms with Crippen LogP contribution in [0.1, 0.15) is 12.0 Å². The van der Waals surface area contributed by atoms with E-state index in [0.717, 1.165) is 50.6 Å². The van der Waals surface area contributed by atoms with E-state index >= 15 is 0 Å². The van der Waals surface area contributed by atoms with E-state index in [9.17, 15) is 4.39 Å². The minimum absolute atomic E-state index is 0.0234.